The number of aromatic nitrogens is 3. The van der Waals surface area contributed by atoms with Crippen molar-refractivity contribution in [3.63, 3.8) is 0 Å². The number of rotatable bonds is 3. The van der Waals surface area contributed by atoms with E-state index in [9.17, 15) is 5.26 Å². The van der Waals surface area contributed by atoms with E-state index >= 15 is 0 Å². The Kier molecular flexibility index (Phi) is 4.23. The average Bonchev–Trinajstić information content (AvgIpc) is 2.59. The Bertz CT molecular complexity index is 897. The highest BCUT2D eigenvalue weighted by Gasteiger charge is 2.34. The van der Waals surface area contributed by atoms with Crippen LogP contribution in [0.2, 0.25) is 0 Å². The van der Waals surface area contributed by atoms with Gasteiger partial charge >= 0.3 is 0 Å². The summed E-state index contributed by atoms with van der Waals surface area (Å²) in [7, 11) is 0. The molecular formula is C16H12N6OS. The first-order chi connectivity index (χ1) is 11.7. The number of allylic oxidation sites excluding steroid dienone is 1. The second-order valence-electron chi connectivity index (χ2n) is 4.81. The Morgan fingerprint density at radius 1 is 1.38 bits per heavy atom. The molecule has 0 aliphatic carbocycles. The standard InChI is InChI=1S/C16H12N6OS/c1-2-6-24-16-21-13(18)12-11(9-4-3-5-20-8-9)10(7-17)14(19)23-15(12)22-16/h1,3-5,8,11H,6,19H2,(H2,18,21,22)/t11-/m0/s1. The summed E-state index contributed by atoms with van der Waals surface area (Å²) < 4.78 is 5.51. The van der Waals surface area contributed by atoms with Crippen LogP contribution in [-0.4, -0.2) is 20.7 Å². The second kappa shape index (κ2) is 6.49. The number of terminal acetylenes is 1. The van der Waals surface area contributed by atoms with E-state index in [-0.39, 0.29) is 23.2 Å². The summed E-state index contributed by atoms with van der Waals surface area (Å²) in [6.07, 6.45) is 8.53. The minimum absolute atomic E-state index is 0.00940. The van der Waals surface area contributed by atoms with Crippen molar-refractivity contribution < 1.29 is 4.74 Å². The average molecular weight is 336 g/mol. The van der Waals surface area contributed by atoms with Crippen LogP contribution < -0.4 is 16.2 Å². The van der Waals surface area contributed by atoms with Gasteiger partial charge in [-0.3, -0.25) is 4.98 Å². The van der Waals surface area contributed by atoms with E-state index in [1.807, 2.05) is 6.07 Å². The quantitative estimate of drug-likeness (QED) is 0.489. The fourth-order valence-electron chi connectivity index (χ4n) is 2.41. The number of pyridine rings is 1. The maximum atomic E-state index is 9.48. The molecule has 24 heavy (non-hydrogen) atoms. The summed E-state index contributed by atoms with van der Waals surface area (Å²) in [5.74, 6) is 2.80. The molecule has 3 heterocycles. The number of nitrogen functional groups attached to an aromatic ring is 1. The van der Waals surface area contributed by atoms with Crippen LogP contribution in [0.15, 0.2) is 41.1 Å². The van der Waals surface area contributed by atoms with Crippen LogP contribution in [0.1, 0.15) is 17.0 Å². The van der Waals surface area contributed by atoms with Gasteiger partial charge in [-0.25, -0.2) is 4.98 Å². The van der Waals surface area contributed by atoms with Crippen molar-refractivity contribution in [2.24, 2.45) is 5.73 Å². The molecule has 3 rings (SSSR count). The van der Waals surface area contributed by atoms with E-state index < -0.39 is 5.92 Å². The van der Waals surface area contributed by atoms with Gasteiger partial charge in [0.25, 0.3) is 0 Å². The Hall–Kier alpha value is -3.23. The summed E-state index contributed by atoms with van der Waals surface area (Å²) >= 11 is 1.26. The lowest BCUT2D eigenvalue weighted by Crippen LogP contribution is -2.23. The van der Waals surface area contributed by atoms with Gasteiger partial charge in [-0.2, -0.15) is 10.2 Å². The molecule has 0 amide bonds. The Morgan fingerprint density at radius 3 is 2.88 bits per heavy atom. The molecule has 8 heteroatoms. The highest BCUT2D eigenvalue weighted by Crippen LogP contribution is 2.43. The van der Waals surface area contributed by atoms with Gasteiger partial charge in [0.1, 0.15) is 17.5 Å². The highest BCUT2D eigenvalue weighted by molar-refractivity contribution is 7.99. The Labute approximate surface area is 142 Å². The number of fused-ring (bicyclic) bond motifs is 1. The first kappa shape index (κ1) is 15.7. The van der Waals surface area contributed by atoms with Gasteiger partial charge < -0.3 is 16.2 Å². The zero-order valence-corrected chi connectivity index (χ0v) is 13.2. The topological polar surface area (TPSA) is 124 Å². The molecule has 0 aromatic carbocycles. The molecule has 1 aliphatic rings. The van der Waals surface area contributed by atoms with Crippen molar-refractivity contribution in [3.05, 3.63) is 47.1 Å². The molecule has 2 aromatic rings. The summed E-state index contributed by atoms with van der Waals surface area (Å²) in [4.78, 5) is 12.7. The van der Waals surface area contributed by atoms with Crippen molar-refractivity contribution in [2.75, 3.05) is 11.5 Å². The van der Waals surface area contributed by atoms with Crippen molar-refractivity contribution >= 4 is 17.6 Å². The van der Waals surface area contributed by atoms with Crippen LogP contribution in [0.3, 0.4) is 0 Å². The van der Waals surface area contributed by atoms with Crippen LogP contribution >= 0.6 is 11.8 Å². The number of anilines is 1. The fraction of sp³-hybridized carbons (Fsp3) is 0.125. The van der Waals surface area contributed by atoms with Gasteiger partial charge in [0.05, 0.1) is 17.2 Å². The summed E-state index contributed by atoms with van der Waals surface area (Å²) in [6, 6.07) is 5.68. The van der Waals surface area contributed by atoms with Crippen molar-refractivity contribution in [1.82, 2.24) is 15.0 Å². The molecule has 0 unspecified atom stereocenters. The van der Waals surface area contributed by atoms with Crippen molar-refractivity contribution in [2.45, 2.75) is 11.1 Å². The smallest absolute Gasteiger partial charge is 0.231 e. The second-order valence-corrected chi connectivity index (χ2v) is 5.76. The number of hydrogen-bond acceptors (Lipinski definition) is 8. The maximum absolute atomic E-state index is 9.48. The lowest BCUT2D eigenvalue weighted by atomic mass is 9.85. The molecule has 0 radical (unpaired) electrons. The molecule has 0 fully saturated rings. The van der Waals surface area contributed by atoms with E-state index in [1.165, 1.54) is 11.8 Å². The predicted molar refractivity (Wildman–Crippen MR) is 89.5 cm³/mol. The third kappa shape index (κ3) is 2.71. The van der Waals surface area contributed by atoms with Gasteiger partial charge in [-0.15, -0.1) is 6.42 Å². The number of ether oxygens (including phenoxy) is 1. The van der Waals surface area contributed by atoms with Crippen molar-refractivity contribution in [1.29, 1.82) is 5.26 Å². The molecule has 1 atom stereocenters. The lowest BCUT2D eigenvalue weighted by Gasteiger charge is -2.26. The van der Waals surface area contributed by atoms with Crippen LogP contribution in [0.5, 0.6) is 5.88 Å². The van der Waals surface area contributed by atoms with Gasteiger partial charge in [-0.05, 0) is 11.6 Å². The third-order valence-corrected chi connectivity index (χ3v) is 4.14. The lowest BCUT2D eigenvalue weighted by molar-refractivity contribution is 0.372. The van der Waals surface area contributed by atoms with Gasteiger partial charge in [0, 0.05) is 12.4 Å². The van der Waals surface area contributed by atoms with Gasteiger partial charge in [0.15, 0.2) is 5.16 Å². The SMILES string of the molecule is C#CCSc1nc(N)c2c(n1)OC(N)=C(C#N)[C@@H]2c1cccnc1. The van der Waals surface area contributed by atoms with E-state index in [2.05, 4.69) is 26.9 Å². The van der Waals surface area contributed by atoms with E-state index in [1.54, 1.807) is 18.5 Å². The summed E-state index contributed by atoms with van der Waals surface area (Å²) in [5, 5.41) is 9.88. The largest absolute Gasteiger partial charge is 0.422 e. The molecule has 118 valence electrons. The zero-order chi connectivity index (χ0) is 17.1. The molecule has 7 nitrogen and oxygen atoms in total. The Morgan fingerprint density at radius 2 is 2.21 bits per heavy atom. The normalized spacial score (nSPS) is 15.8. The van der Waals surface area contributed by atoms with Crippen LogP contribution in [0.25, 0.3) is 0 Å². The number of hydrogen-bond donors (Lipinski definition) is 2. The molecule has 0 saturated carbocycles. The monoisotopic (exact) mass is 336 g/mol. The molecule has 0 saturated heterocycles. The maximum Gasteiger partial charge on any atom is 0.231 e. The molecule has 0 bridgehead atoms. The minimum Gasteiger partial charge on any atom is -0.422 e. The molecular weight excluding hydrogens is 324 g/mol. The van der Waals surface area contributed by atoms with E-state index in [4.69, 9.17) is 22.6 Å². The number of thioether (sulfide) groups is 1. The third-order valence-electron chi connectivity index (χ3n) is 3.39. The predicted octanol–water partition coefficient (Wildman–Crippen LogP) is 1.40. The van der Waals surface area contributed by atoms with Crippen LogP contribution in [-0.2, 0) is 0 Å². The molecule has 0 spiro atoms. The van der Waals surface area contributed by atoms with Crippen molar-refractivity contribution in [3.8, 4) is 24.3 Å². The molecule has 1 aliphatic heterocycles. The number of nitriles is 1. The molecule has 4 N–H and O–H groups in total. The fourth-order valence-corrected chi connectivity index (χ4v) is 2.93. The Balaban J connectivity index is 2.17. The summed E-state index contributed by atoms with van der Waals surface area (Å²) in [6.45, 7) is 0. The highest BCUT2D eigenvalue weighted by atomic mass is 32.2. The van der Waals surface area contributed by atoms with Crippen LogP contribution in [0, 0.1) is 23.7 Å². The zero-order valence-electron chi connectivity index (χ0n) is 12.4. The number of nitrogens with two attached hydrogens (primary N) is 2. The first-order valence-electron chi connectivity index (χ1n) is 6.87. The van der Waals surface area contributed by atoms with Crippen LogP contribution in [0.4, 0.5) is 5.82 Å². The number of nitrogens with zero attached hydrogens (tertiary/aromatic N) is 4. The van der Waals surface area contributed by atoms with E-state index in [0.717, 1.165) is 5.56 Å². The first-order valence-corrected chi connectivity index (χ1v) is 7.85. The van der Waals surface area contributed by atoms with Gasteiger partial charge in [-0.1, -0.05) is 23.7 Å². The summed E-state index contributed by atoms with van der Waals surface area (Å²) in [5.41, 5.74) is 13.5. The molecule has 2 aromatic heterocycles. The van der Waals surface area contributed by atoms with E-state index in [0.29, 0.717) is 16.5 Å². The minimum atomic E-state index is -0.529. The van der Waals surface area contributed by atoms with Gasteiger partial charge in [0.2, 0.25) is 11.8 Å².